The maximum Gasteiger partial charge on any atom is 0.271 e. The van der Waals surface area contributed by atoms with Gasteiger partial charge in [-0.1, -0.05) is 6.07 Å². The second kappa shape index (κ2) is 7.57. The van der Waals surface area contributed by atoms with Gasteiger partial charge in [-0.3, -0.25) is 14.7 Å². The number of amides is 1. The van der Waals surface area contributed by atoms with E-state index in [1.165, 1.54) is 0 Å². The highest BCUT2D eigenvalue weighted by Gasteiger charge is 2.24. The molecule has 1 amide bonds. The third-order valence-corrected chi connectivity index (χ3v) is 4.68. The molecule has 3 rings (SSSR count). The van der Waals surface area contributed by atoms with E-state index < -0.39 is 0 Å². The molecule has 1 unspecified atom stereocenters. The summed E-state index contributed by atoms with van der Waals surface area (Å²) in [5.74, 6) is 0.838. The average molecular weight is 327 g/mol. The Labute approximate surface area is 142 Å². The first-order valence-corrected chi connectivity index (χ1v) is 8.54. The highest BCUT2D eigenvalue weighted by Crippen LogP contribution is 2.18. The number of H-pyrrole nitrogens is 1. The number of hydrogen-bond donors (Lipinski definition) is 1. The summed E-state index contributed by atoms with van der Waals surface area (Å²) in [5, 5.41) is 0. The van der Waals surface area contributed by atoms with E-state index in [0.717, 1.165) is 50.4 Å². The molecule has 3 heterocycles. The zero-order valence-corrected chi connectivity index (χ0v) is 14.4. The van der Waals surface area contributed by atoms with Crippen LogP contribution in [-0.4, -0.2) is 56.8 Å². The molecule has 24 heavy (non-hydrogen) atoms. The van der Waals surface area contributed by atoms with Crippen LogP contribution in [0.3, 0.4) is 0 Å². The average Bonchev–Trinajstić information content (AvgIpc) is 2.87. The van der Waals surface area contributed by atoms with Crippen LogP contribution in [0.5, 0.6) is 0 Å². The van der Waals surface area contributed by atoms with Crippen molar-refractivity contribution in [2.75, 3.05) is 20.1 Å². The number of nitrogens with one attached hydrogen (secondary N) is 1. The maximum absolute atomic E-state index is 12.6. The molecule has 6 heteroatoms. The van der Waals surface area contributed by atoms with Crippen molar-refractivity contribution in [3.63, 3.8) is 0 Å². The van der Waals surface area contributed by atoms with Gasteiger partial charge in [0.2, 0.25) is 0 Å². The highest BCUT2D eigenvalue weighted by atomic mass is 16.2. The predicted octanol–water partition coefficient (Wildman–Crippen LogP) is 2.24. The molecule has 1 N–H and O–H groups in total. The number of carbonyl (C=O) groups is 1. The standard InChI is InChI=1S/C18H25N5O/c1-14-20-12-17(21-14)18(24)23-10-5-7-16(8-11-23)22(2)13-15-6-3-4-9-19-15/h3-4,6,9,12,16H,5,7-8,10-11,13H2,1-2H3,(H,20,21). The zero-order chi connectivity index (χ0) is 16.9. The normalized spacial score (nSPS) is 18.6. The molecule has 1 fully saturated rings. The Morgan fingerprint density at radius 3 is 2.92 bits per heavy atom. The van der Waals surface area contributed by atoms with Crippen LogP contribution in [0.25, 0.3) is 0 Å². The van der Waals surface area contributed by atoms with E-state index in [4.69, 9.17) is 0 Å². The molecule has 1 aliphatic rings. The monoisotopic (exact) mass is 327 g/mol. The van der Waals surface area contributed by atoms with Gasteiger partial charge in [0.25, 0.3) is 5.91 Å². The van der Waals surface area contributed by atoms with Crippen LogP contribution < -0.4 is 0 Å². The lowest BCUT2D eigenvalue weighted by Gasteiger charge is -2.27. The summed E-state index contributed by atoms with van der Waals surface area (Å²) >= 11 is 0. The number of aromatic nitrogens is 3. The van der Waals surface area contributed by atoms with Crippen molar-refractivity contribution in [3.05, 3.63) is 47.8 Å². The zero-order valence-electron chi connectivity index (χ0n) is 14.4. The van der Waals surface area contributed by atoms with Crippen LogP contribution in [0.15, 0.2) is 30.6 Å². The summed E-state index contributed by atoms with van der Waals surface area (Å²) in [6.07, 6.45) is 6.59. The minimum absolute atomic E-state index is 0.0589. The molecule has 1 atom stereocenters. The van der Waals surface area contributed by atoms with Gasteiger partial charge in [-0.15, -0.1) is 0 Å². The number of rotatable bonds is 4. The number of aromatic amines is 1. The van der Waals surface area contributed by atoms with Crippen LogP contribution in [0.4, 0.5) is 0 Å². The van der Waals surface area contributed by atoms with Crippen molar-refractivity contribution in [2.24, 2.45) is 0 Å². The van der Waals surface area contributed by atoms with Gasteiger partial charge in [-0.05, 0) is 45.4 Å². The van der Waals surface area contributed by atoms with E-state index in [9.17, 15) is 4.79 Å². The molecule has 0 aliphatic carbocycles. The van der Waals surface area contributed by atoms with E-state index in [0.29, 0.717) is 11.7 Å². The molecule has 128 valence electrons. The van der Waals surface area contributed by atoms with Crippen molar-refractivity contribution in [2.45, 2.75) is 38.8 Å². The summed E-state index contributed by atoms with van der Waals surface area (Å²) < 4.78 is 0. The number of hydrogen-bond acceptors (Lipinski definition) is 4. The van der Waals surface area contributed by atoms with Crippen LogP contribution in [0.1, 0.15) is 41.3 Å². The first kappa shape index (κ1) is 16.6. The van der Waals surface area contributed by atoms with E-state index >= 15 is 0 Å². The molecule has 0 saturated carbocycles. The van der Waals surface area contributed by atoms with Crippen molar-refractivity contribution in [1.29, 1.82) is 0 Å². The maximum atomic E-state index is 12.6. The second-order valence-electron chi connectivity index (χ2n) is 6.50. The third kappa shape index (κ3) is 4.00. The van der Waals surface area contributed by atoms with E-state index in [1.807, 2.05) is 30.2 Å². The fourth-order valence-corrected chi connectivity index (χ4v) is 3.30. The van der Waals surface area contributed by atoms with Crippen LogP contribution in [-0.2, 0) is 6.54 Å². The lowest BCUT2D eigenvalue weighted by molar-refractivity contribution is 0.0752. The van der Waals surface area contributed by atoms with Gasteiger partial charge in [0.05, 0.1) is 11.9 Å². The topological polar surface area (TPSA) is 65.1 Å². The first-order valence-electron chi connectivity index (χ1n) is 8.54. The number of pyridine rings is 1. The van der Waals surface area contributed by atoms with Gasteiger partial charge in [0.15, 0.2) is 0 Å². The Morgan fingerprint density at radius 1 is 1.33 bits per heavy atom. The molecule has 0 aromatic carbocycles. The van der Waals surface area contributed by atoms with E-state index in [-0.39, 0.29) is 5.91 Å². The van der Waals surface area contributed by atoms with Crippen LogP contribution in [0, 0.1) is 6.92 Å². The Kier molecular flexibility index (Phi) is 5.25. The largest absolute Gasteiger partial charge is 0.338 e. The lowest BCUT2D eigenvalue weighted by Crippen LogP contribution is -2.35. The third-order valence-electron chi connectivity index (χ3n) is 4.68. The quantitative estimate of drug-likeness (QED) is 0.935. The SMILES string of the molecule is Cc1ncc(C(=O)N2CCCC(N(C)Cc3ccccn3)CC2)[nH]1. The van der Waals surface area contributed by atoms with Gasteiger partial charge in [-0.25, -0.2) is 4.98 Å². The molecule has 2 aromatic rings. The van der Waals surface area contributed by atoms with Gasteiger partial charge >= 0.3 is 0 Å². The predicted molar refractivity (Wildman–Crippen MR) is 92.6 cm³/mol. The summed E-state index contributed by atoms with van der Waals surface area (Å²) in [7, 11) is 2.15. The van der Waals surface area contributed by atoms with Gasteiger partial charge in [0.1, 0.15) is 11.5 Å². The van der Waals surface area contributed by atoms with E-state index in [2.05, 4.69) is 33.0 Å². The van der Waals surface area contributed by atoms with Crippen LogP contribution in [0.2, 0.25) is 0 Å². The van der Waals surface area contributed by atoms with Gasteiger partial charge in [-0.2, -0.15) is 0 Å². The molecule has 0 radical (unpaired) electrons. The number of aryl methyl sites for hydroxylation is 1. The van der Waals surface area contributed by atoms with Crippen molar-refractivity contribution >= 4 is 5.91 Å². The molecule has 1 saturated heterocycles. The molecule has 1 aliphatic heterocycles. The van der Waals surface area contributed by atoms with Crippen molar-refractivity contribution in [3.8, 4) is 0 Å². The number of imidazole rings is 1. The fourth-order valence-electron chi connectivity index (χ4n) is 3.30. The summed E-state index contributed by atoms with van der Waals surface area (Å²) in [4.78, 5) is 28.4. The Balaban J connectivity index is 1.57. The molecular weight excluding hydrogens is 302 g/mol. The Hall–Kier alpha value is -2.21. The summed E-state index contributed by atoms with van der Waals surface area (Å²) in [6.45, 7) is 4.31. The minimum Gasteiger partial charge on any atom is -0.338 e. The highest BCUT2D eigenvalue weighted by molar-refractivity contribution is 5.92. The molecule has 0 spiro atoms. The van der Waals surface area contributed by atoms with Gasteiger partial charge < -0.3 is 9.88 Å². The Morgan fingerprint density at radius 2 is 2.21 bits per heavy atom. The first-order chi connectivity index (χ1) is 11.6. The molecule has 6 nitrogen and oxygen atoms in total. The number of likely N-dealkylation sites (tertiary alicyclic amines) is 1. The fraction of sp³-hybridized carbons (Fsp3) is 0.500. The summed E-state index contributed by atoms with van der Waals surface area (Å²) in [6, 6.07) is 6.50. The van der Waals surface area contributed by atoms with Crippen molar-refractivity contribution < 1.29 is 4.79 Å². The number of nitrogens with zero attached hydrogens (tertiary/aromatic N) is 4. The lowest BCUT2D eigenvalue weighted by atomic mass is 10.1. The van der Waals surface area contributed by atoms with Gasteiger partial charge in [0, 0.05) is 31.9 Å². The molecule has 2 aromatic heterocycles. The van der Waals surface area contributed by atoms with Crippen molar-refractivity contribution in [1.82, 2.24) is 24.8 Å². The minimum atomic E-state index is 0.0589. The summed E-state index contributed by atoms with van der Waals surface area (Å²) in [5.41, 5.74) is 1.68. The Bertz CT molecular complexity index is 669. The smallest absolute Gasteiger partial charge is 0.271 e. The molecule has 0 bridgehead atoms. The van der Waals surface area contributed by atoms with Crippen LogP contribution >= 0.6 is 0 Å². The number of carbonyl (C=O) groups excluding carboxylic acids is 1. The second-order valence-corrected chi connectivity index (χ2v) is 6.50. The van der Waals surface area contributed by atoms with E-state index in [1.54, 1.807) is 6.20 Å². The molecular formula is C18H25N5O.